The third-order valence-electron chi connectivity index (χ3n) is 2.53. The largest absolute Gasteiger partial charge is 0.368 e. The Labute approximate surface area is 75.4 Å². The van der Waals surface area contributed by atoms with Gasteiger partial charge in [0.05, 0.1) is 0 Å². The van der Waals surface area contributed by atoms with Crippen LogP contribution in [0.1, 0.15) is 32.0 Å². The fourth-order valence-corrected chi connectivity index (χ4v) is 1.52. The minimum atomic E-state index is -0.412. The molecule has 0 radical (unpaired) electrons. The van der Waals surface area contributed by atoms with Crippen LogP contribution in [-0.2, 0) is 0 Å². The number of aromatic nitrogens is 3. The van der Waals surface area contributed by atoms with Gasteiger partial charge in [0.25, 0.3) is 0 Å². The van der Waals surface area contributed by atoms with Crippen molar-refractivity contribution in [1.82, 2.24) is 15.0 Å². The van der Waals surface area contributed by atoms with Gasteiger partial charge in [0.1, 0.15) is 5.82 Å². The average Bonchev–Trinajstić information content (AvgIpc) is 2.57. The van der Waals surface area contributed by atoms with E-state index in [1.807, 2.05) is 0 Å². The molecule has 0 amide bonds. The average molecular weight is 180 g/mol. The number of H-pyrrole nitrogens is 1. The second kappa shape index (κ2) is 2.31. The topological polar surface area (TPSA) is 84.7 Å². The van der Waals surface area contributed by atoms with Crippen molar-refractivity contribution in [3.05, 3.63) is 16.3 Å². The maximum absolute atomic E-state index is 11.0. The lowest BCUT2D eigenvalue weighted by molar-refractivity contribution is 0.606. The third-order valence-corrected chi connectivity index (χ3v) is 2.53. The van der Waals surface area contributed by atoms with Crippen LogP contribution < -0.4 is 11.4 Å². The summed E-state index contributed by atoms with van der Waals surface area (Å²) in [4.78, 5) is 21.0. The first-order valence-electron chi connectivity index (χ1n) is 4.23. The van der Waals surface area contributed by atoms with Gasteiger partial charge in [0.15, 0.2) is 0 Å². The normalized spacial score (nSPS) is 24.3. The number of rotatable bonds is 1. The van der Waals surface area contributed by atoms with Crippen molar-refractivity contribution in [2.75, 3.05) is 5.73 Å². The van der Waals surface area contributed by atoms with Crippen LogP contribution in [0.4, 0.5) is 5.95 Å². The van der Waals surface area contributed by atoms with Gasteiger partial charge in [-0.25, -0.2) is 4.79 Å². The van der Waals surface area contributed by atoms with E-state index in [2.05, 4.69) is 28.8 Å². The van der Waals surface area contributed by atoms with Gasteiger partial charge in [-0.05, 0) is 11.8 Å². The zero-order chi connectivity index (χ0) is 9.64. The van der Waals surface area contributed by atoms with E-state index in [1.165, 1.54) is 0 Å². The molecule has 1 atom stereocenters. The van der Waals surface area contributed by atoms with Crippen molar-refractivity contribution >= 4 is 5.95 Å². The number of nitrogens with one attached hydrogen (secondary N) is 1. The Hall–Kier alpha value is -1.39. The Morgan fingerprint density at radius 3 is 2.62 bits per heavy atom. The molecule has 1 heterocycles. The lowest BCUT2D eigenvalue weighted by atomic mass is 10.1. The van der Waals surface area contributed by atoms with Crippen LogP contribution in [0.2, 0.25) is 0 Å². The first-order valence-corrected chi connectivity index (χ1v) is 4.23. The first-order chi connectivity index (χ1) is 5.99. The van der Waals surface area contributed by atoms with Crippen LogP contribution in [-0.4, -0.2) is 15.0 Å². The van der Waals surface area contributed by atoms with Gasteiger partial charge in [-0.2, -0.15) is 9.97 Å². The van der Waals surface area contributed by atoms with Gasteiger partial charge in [0.2, 0.25) is 5.95 Å². The van der Waals surface area contributed by atoms with Crippen molar-refractivity contribution < 1.29 is 0 Å². The van der Waals surface area contributed by atoms with E-state index >= 15 is 0 Å². The number of nitrogens with zero attached hydrogens (tertiary/aromatic N) is 2. The van der Waals surface area contributed by atoms with E-state index in [4.69, 9.17) is 5.73 Å². The van der Waals surface area contributed by atoms with Crippen molar-refractivity contribution in [1.29, 1.82) is 0 Å². The molecule has 5 heteroatoms. The minimum absolute atomic E-state index is 0.0569. The highest BCUT2D eigenvalue weighted by Crippen LogP contribution is 2.57. The van der Waals surface area contributed by atoms with Crippen LogP contribution in [0, 0.1) is 5.41 Å². The van der Waals surface area contributed by atoms with Gasteiger partial charge in [-0.15, -0.1) is 0 Å². The van der Waals surface area contributed by atoms with E-state index in [1.54, 1.807) is 0 Å². The molecule has 1 aromatic rings. The summed E-state index contributed by atoms with van der Waals surface area (Å²) in [5.74, 6) is 1.05. The number of aromatic amines is 1. The SMILES string of the molecule is CC1(C)CC1c1nc(N)nc(=O)[nH]1. The van der Waals surface area contributed by atoms with Gasteiger partial charge in [-0.1, -0.05) is 13.8 Å². The van der Waals surface area contributed by atoms with E-state index in [9.17, 15) is 4.79 Å². The zero-order valence-electron chi connectivity index (χ0n) is 7.66. The number of anilines is 1. The van der Waals surface area contributed by atoms with Crippen molar-refractivity contribution in [2.45, 2.75) is 26.2 Å². The Morgan fingerprint density at radius 2 is 2.15 bits per heavy atom. The molecule has 2 rings (SSSR count). The molecule has 1 fully saturated rings. The van der Waals surface area contributed by atoms with Crippen LogP contribution >= 0.6 is 0 Å². The fourth-order valence-electron chi connectivity index (χ4n) is 1.52. The summed E-state index contributed by atoms with van der Waals surface area (Å²) in [6.45, 7) is 4.27. The molecule has 0 aliphatic heterocycles. The predicted molar refractivity (Wildman–Crippen MR) is 48.2 cm³/mol. The van der Waals surface area contributed by atoms with Gasteiger partial charge in [0, 0.05) is 5.92 Å². The monoisotopic (exact) mass is 180 g/mol. The smallest absolute Gasteiger partial charge is 0.349 e. The lowest BCUT2D eigenvalue weighted by Crippen LogP contribution is -2.17. The third kappa shape index (κ3) is 1.41. The second-order valence-corrected chi connectivity index (χ2v) is 4.14. The summed E-state index contributed by atoms with van der Waals surface area (Å²) >= 11 is 0. The van der Waals surface area contributed by atoms with E-state index in [0.717, 1.165) is 6.42 Å². The maximum Gasteiger partial charge on any atom is 0.349 e. The summed E-state index contributed by atoms with van der Waals surface area (Å²) in [6.07, 6.45) is 1.04. The Bertz CT molecular complexity index is 395. The summed E-state index contributed by atoms with van der Waals surface area (Å²) in [5, 5.41) is 0. The van der Waals surface area contributed by atoms with Crippen molar-refractivity contribution in [2.24, 2.45) is 5.41 Å². The molecule has 0 spiro atoms. The number of hydrogen-bond acceptors (Lipinski definition) is 4. The molecule has 5 nitrogen and oxygen atoms in total. The fraction of sp³-hybridized carbons (Fsp3) is 0.625. The molecule has 1 aliphatic rings. The first kappa shape index (κ1) is 8.22. The van der Waals surface area contributed by atoms with Crippen molar-refractivity contribution in [3.63, 3.8) is 0 Å². The molecular formula is C8H12N4O. The molecule has 0 aromatic carbocycles. The van der Waals surface area contributed by atoms with Gasteiger partial charge < -0.3 is 5.73 Å². The highest BCUT2D eigenvalue weighted by atomic mass is 16.1. The highest BCUT2D eigenvalue weighted by Gasteiger charge is 2.48. The molecule has 3 N–H and O–H groups in total. The van der Waals surface area contributed by atoms with E-state index < -0.39 is 5.69 Å². The van der Waals surface area contributed by atoms with Crippen LogP contribution in [0.5, 0.6) is 0 Å². The number of hydrogen-bond donors (Lipinski definition) is 2. The van der Waals surface area contributed by atoms with Gasteiger partial charge >= 0.3 is 5.69 Å². The van der Waals surface area contributed by atoms with Crippen LogP contribution in [0.25, 0.3) is 0 Å². The molecule has 0 saturated heterocycles. The van der Waals surface area contributed by atoms with E-state index in [-0.39, 0.29) is 11.4 Å². The summed E-state index contributed by atoms with van der Waals surface area (Å²) in [6, 6.07) is 0. The molecular weight excluding hydrogens is 168 g/mol. The molecule has 1 unspecified atom stereocenters. The second-order valence-electron chi connectivity index (χ2n) is 4.14. The Balaban J connectivity index is 2.38. The molecule has 13 heavy (non-hydrogen) atoms. The van der Waals surface area contributed by atoms with Crippen LogP contribution in [0.3, 0.4) is 0 Å². The molecule has 1 aliphatic carbocycles. The van der Waals surface area contributed by atoms with Gasteiger partial charge in [-0.3, -0.25) is 4.98 Å². The summed E-state index contributed by atoms with van der Waals surface area (Å²) < 4.78 is 0. The zero-order valence-corrected chi connectivity index (χ0v) is 7.66. The van der Waals surface area contributed by atoms with Crippen molar-refractivity contribution in [3.8, 4) is 0 Å². The maximum atomic E-state index is 11.0. The number of nitrogens with two attached hydrogens (primary N) is 1. The van der Waals surface area contributed by atoms with E-state index in [0.29, 0.717) is 11.7 Å². The number of nitrogen functional groups attached to an aromatic ring is 1. The Morgan fingerprint density at radius 1 is 1.54 bits per heavy atom. The molecule has 70 valence electrons. The minimum Gasteiger partial charge on any atom is -0.368 e. The van der Waals surface area contributed by atoms with Crippen LogP contribution in [0.15, 0.2) is 4.79 Å². The summed E-state index contributed by atoms with van der Waals surface area (Å²) in [7, 11) is 0. The lowest BCUT2D eigenvalue weighted by Gasteiger charge is -2.01. The molecule has 1 aromatic heterocycles. The predicted octanol–water partition coefficient (Wildman–Crippen LogP) is 0.261. The molecule has 0 bridgehead atoms. The molecule has 1 saturated carbocycles. The quantitative estimate of drug-likeness (QED) is 0.649. The standard InChI is InChI=1S/C8H12N4O/c1-8(2)3-4(8)5-10-6(9)12-7(13)11-5/h4H,3H2,1-2H3,(H3,9,10,11,12,13). The highest BCUT2D eigenvalue weighted by molar-refractivity contribution is 5.20. The summed E-state index contributed by atoms with van der Waals surface area (Å²) in [5.41, 5.74) is 5.20. The Kier molecular flexibility index (Phi) is 1.46.